The zero-order valence-electron chi connectivity index (χ0n) is 10.6. The van der Waals surface area contributed by atoms with Crippen LogP contribution in [0.5, 0.6) is 0 Å². The van der Waals surface area contributed by atoms with Gasteiger partial charge >= 0.3 is 0 Å². The van der Waals surface area contributed by atoms with Crippen molar-refractivity contribution >= 4 is 23.4 Å². The van der Waals surface area contributed by atoms with Crippen molar-refractivity contribution in [2.75, 3.05) is 13.1 Å². The molecule has 1 nitrogen and oxygen atoms in total. The third kappa shape index (κ3) is 2.40. The maximum absolute atomic E-state index is 4.74. The summed E-state index contributed by atoms with van der Waals surface area (Å²) in [5, 5.41) is 2.56. The summed E-state index contributed by atoms with van der Waals surface area (Å²) in [4.78, 5) is 3.70. The standard InChI is InChI=1S/C16H19NS/c18-16-14(12-17-10-4-1-5-11-17)9-8-13-6-2-3-7-15(13)16/h2-3,6-9,18H,1,4-5,10-12H2. The molecule has 1 aliphatic rings. The maximum Gasteiger partial charge on any atom is 0.0244 e. The fraction of sp³-hybridized carbons (Fsp3) is 0.375. The van der Waals surface area contributed by atoms with Gasteiger partial charge in [0.15, 0.2) is 0 Å². The number of hydrogen-bond acceptors (Lipinski definition) is 2. The van der Waals surface area contributed by atoms with E-state index in [1.165, 1.54) is 48.7 Å². The van der Waals surface area contributed by atoms with Gasteiger partial charge in [0.05, 0.1) is 0 Å². The lowest BCUT2D eigenvalue weighted by atomic mass is 10.1. The largest absolute Gasteiger partial charge is 0.299 e. The molecule has 2 aromatic carbocycles. The van der Waals surface area contributed by atoms with E-state index >= 15 is 0 Å². The molecule has 2 heteroatoms. The van der Waals surface area contributed by atoms with Gasteiger partial charge in [-0.1, -0.05) is 42.8 Å². The SMILES string of the molecule is Sc1c(CN2CCCCC2)ccc2ccccc12. The molecule has 18 heavy (non-hydrogen) atoms. The second-order valence-electron chi connectivity index (χ2n) is 5.13. The van der Waals surface area contributed by atoms with Crippen LogP contribution >= 0.6 is 12.6 Å². The second-order valence-corrected chi connectivity index (χ2v) is 5.58. The first kappa shape index (κ1) is 12.1. The molecule has 1 aliphatic heterocycles. The topological polar surface area (TPSA) is 3.24 Å². The Labute approximate surface area is 114 Å². The number of likely N-dealkylation sites (tertiary alicyclic amines) is 1. The van der Waals surface area contributed by atoms with E-state index in [0.717, 1.165) is 11.4 Å². The van der Waals surface area contributed by atoms with Crippen LogP contribution in [-0.4, -0.2) is 18.0 Å². The number of hydrogen-bond donors (Lipinski definition) is 1. The third-order valence-corrected chi connectivity index (χ3v) is 4.35. The normalized spacial score (nSPS) is 17.2. The lowest BCUT2D eigenvalue weighted by Gasteiger charge is -2.27. The van der Waals surface area contributed by atoms with Crippen molar-refractivity contribution < 1.29 is 0 Å². The van der Waals surface area contributed by atoms with Crippen molar-refractivity contribution in [3.8, 4) is 0 Å². The first-order valence-electron chi connectivity index (χ1n) is 6.76. The van der Waals surface area contributed by atoms with E-state index in [1.807, 2.05) is 0 Å². The van der Waals surface area contributed by atoms with E-state index < -0.39 is 0 Å². The number of benzene rings is 2. The van der Waals surface area contributed by atoms with Crippen LogP contribution in [0.1, 0.15) is 24.8 Å². The zero-order valence-corrected chi connectivity index (χ0v) is 11.5. The monoisotopic (exact) mass is 257 g/mol. The van der Waals surface area contributed by atoms with Crippen LogP contribution in [0.3, 0.4) is 0 Å². The van der Waals surface area contributed by atoms with Crippen molar-refractivity contribution in [3.63, 3.8) is 0 Å². The summed E-state index contributed by atoms with van der Waals surface area (Å²) in [7, 11) is 0. The minimum Gasteiger partial charge on any atom is -0.299 e. The number of piperidine rings is 1. The molecule has 0 N–H and O–H groups in total. The van der Waals surface area contributed by atoms with Gasteiger partial charge in [-0.15, -0.1) is 12.6 Å². The van der Waals surface area contributed by atoms with Gasteiger partial charge in [-0.2, -0.15) is 0 Å². The Bertz CT molecular complexity index is 544. The average Bonchev–Trinajstić information content (AvgIpc) is 2.43. The van der Waals surface area contributed by atoms with Crippen molar-refractivity contribution in [3.05, 3.63) is 42.0 Å². The summed E-state index contributed by atoms with van der Waals surface area (Å²) in [5.41, 5.74) is 1.36. The lowest BCUT2D eigenvalue weighted by Crippen LogP contribution is -2.29. The molecule has 2 aromatic rings. The summed E-state index contributed by atoms with van der Waals surface area (Å²) < 4.78 is 0. The highest BCUT2D eigenvalue weighted by Gasteiger charge is 2.12. The summed E-state index contributed by atoms with van der Waals surface area (Å²) in [5.74, 6) is 0. The van der Waals surface area contributed by atoms with E-state index in [0.29, 0.717) is 0 Å². The minimum atomic E-state index is 1.05. The molecule has 1 saturated heterocycles. The number of nitrogens with zero attached hydrogens (tertiary/aromatic N) is 1. The molecule has 3 rings (SSSR count). The Hall–Kier alpha value is -0.990. The first-order valence-corrected chi connectivity index (χ1v) is 7.21. The van der Waals surface area contributed by atoms with Crippen LogP contribution in [-0.2, 0) is 6.54 Å². The minimum absolute atomic E-state index is 1.05. The van der Waals surface area contributed by atoms with Crippen LogP contribution in [0.2, 0.25) is 0 Å². The molecule has 1 heterocycles. The Balaban J connectivity index is 1.89. The number of rotatable bonds is 2. The van der Waals surface area contributed by atoms with E-state index in [9.17, 15) is 0 Å². The molecule has 0 unspecified atom stereocenters. The molecular weight excluding hydrogens is 238 g/mol. The van der Waals surface area contributed by atoms with E-state index in [1.54, 1.807) is 0 Å². The third-order valence-electron chi connectivity index (χ3n) is 3.83. The Morgan fingerprint density at radius 1 is 0.944 bits per heavy atom. The zero-order chi connectivity index (χ0) is 12.4. The van der Waals surface area contributed by atoms with Gasteiger partial charge in [0.1, 0.15) is 0 Å². The van der Waals surface area contributed by atoms with Gasteiger partial charge in [-0.25, -0.2) is 0 Å². The van der Waals surface area contributed by atoms with Gasteiger partial charge in [-0.3, -0.25) is 4.90 Å². The van der Waals surface area contributed by atoms with Gasteiger partial charge < -0.3 is 0 Å². The molecule has 1 fully saturated rings. The quantitative estimate of drug-likeness (QED) is 0.792. The second kappa shape index (κ2) is 5.33. The summed E-state index contributed by atoms with van der Waals surface area (Å²) in [6.07, 6.45) is 4.08. The molecular formula is C16H19NS. The molecule has 0 amide bonds. The van der Waals surface area contributed by atoms with E-state index in [2.05, 4.69) is 41.3 Å². The molecule has 0 aromatic heterocycles. The highest BCUT2D eigenvalue weighted by molar-refractivity contribution is 7.80. The highest BCUT2D eigenvalue weighted by atomic mass is 32.1. The molecule has 0 radical (unpaired) electrons. The van der Waals surface area contributed by atoms with Crippen molar-refractivity contribution in [1.82, 2.24) is 4.90 Å². The summed E-state index contributed by atoms with van der Waals surface area (Å²) in [6.45, 7) is 3.52. The van der Waals surface area contributed by atoms with Crippen molar-refractivity contribution in [2.45, 2.75) is 30.7 Å². The summed E-state index contributed by atoms with van der Waals surface area (Å²) in [6, 6.07) is 12.9. The Morgan fingerprint density at radius 3 is 2.56 bits per heavy atom. The van der Waals surface area contributed by atoms with Gasteiger partial charge in [0, 0.05) is 11.4 Å². The predicted octanol–water partition coefficient (Wildman–Crippen LogP) is 4.11. The molecule has 94 valence electrons. The predicted molar refractivity (Wildman–Crippen MR) is 80.3 cm³/mol. The van der Waals surface area contributed by atoms with Crippen LogP contribution < -0.4 is 0 Å². The molecule has 0 bridgehead atoms. The molecule has 0 saturated carbocycles. The maximum atomic E-state index is 4.74. The first-order chi connectivity index (χ1) is 8.84. The van der Waals surface area contributed by atoms with Gasteiger partial charge in [-0.05, 0) is 42.3 Å². The van der Waals surface area contributed by atoms with E-state index in [-0.39, 0.29) is 0 Å². The van der Waals surface area contributed by atoms with Crippen LogP contribution in [0.25, 0.3) is 10.8 Å². The molecule has 0 spiro atoms. The molecule has 0 aliphatic carbocycles. The summed E-state index contributed by atoms with van der Waals surface area (Å²) >= 11 is 4.74. The Morgan fingerprint density at radius 2 is 1.72 bits per heavy atom. The number of thiol groups is 1. The van der Waals surface area contributed by atoms with Crippen molar-refractivity contribution in [1.29, 1.82) is 0 Å². The van der Waals surface area contributed by atoms with Gasteiger partial charge in [0.2, 0.25) is 0 Å². The van der Waals surface area contributed by atoms with Crippen LogP contribution in [0, 0.1) is 0 Å². The van der Waals surface area contributed by atoms with Crippen LogP contribution in [0.15, 0.2) is 41.3 Å². The van der Waals surface area contributed by atoms with Crippen LogP contribution in [0.4, 0.5) is 0 Å². The van der Waals surface area contributed by atoms with E-state index in [4.69, 9.17) is 12.6 Å². The smallest absolute Gasteiger partial charge is 0.0244 e. The Kier molecular flexibility index (Phi) is 3.57. The lowest BCUT2D eigenvalue weighted by molar-refractivity contribution is 0.219. The van der Waals surface area contributed by atoms with Crippen molar-refractivity contribution in [2.24, 2.45) is 0 Å². The fourth-order valence-corrected chi connectivity index (χ4v) is 3.14. The molecule has 0 atom stereocenters. The number of fused-ring (bicyclic) bond motifs is 1. The van der Waals surface area contributed by atoms with Gasteiger partial charge in [0.25, 0.3) is 0 Å². The fourth-order valence-electron chi connectivity index (χ4n) is 2.79. The average molecular weight is 257 g/mol. The highest BCUT2D eigenvalue weighted by Crippen LogP contribution is 2.27.